The second kappa shape index (κ2) is 6.56. The van der Waals surface area contributed by atoms with Crippen molar-refractivity contribution in [1.29, 1.82) is 5.26 Å². The largest absolute Gasteiger partial charge is 0.483 e. The Balaban J connectivity index is 2.00. The number of amides is 1. The van der Waals surface area contributed by atoms with E-state index in [2.05, 4.69) is 11.4 Å². The van der Waals surface area contributed by atoms with E-state index in [1.807, 2.05) is 0 Å². The molecular weight excluding hydrogens is 287 g/mol. The summed E-state index contributed by atoms with van der Waals surface area (Å²) in [5, 5.41) is 11.9. The molecule has 0 heterocycles. The van der Waals surface area contributed by atoms with Crippen molar-refractivity contribution in [1.82, 2.24) is 5.32 Å². The zero-order valence-electron chi connectivity index (χ0n) is 12.3. The molecule has 0 radical (unpaired) electrons. The summed E-state index contributed by atoms with van der Waals surface area (Å²) in [5.74, 6) is -1.17. The summed E-state index contributed by atoms with van der Waals surface area (Å²) in [6, 6.07) is 5.70. The summed E-state index contributed by atoms with van der Waals surface area (Å²) in [5.41, 5.74) is -0.726. The number of nitriles is 1. The first kappa shape index (κ1) is 16.0. The second-order valence-electron chi connectivity index (χ2n) is 5.43. The summed E-state index contributed by atoms with van der Waals surface area (Å²) in [4.78, 5) is 23.4. The number of carbonyl (C=O) groups is 2. The van der Waals surface area contributed by atoms with Crippen LogP contribution in [0.1, 0.15) is 43.0 Å². The van der Waals surface area contributed by atoms with Gasteiger partial charge in [-0.3, -0.25) is 9.59 Å². The van der Waals surface area contributed by atoms with Gasteiger partial charge in [0.1, 0.15) is 17.1 Å². The number of halogens is 1. The minimum atomic E-state index is -0.813. The van der Waals surface area contributed by atoms with E-state index in [0.29, 0.717) is 12.8 Å². The Morgan fingerprint density at radius 2 is 2.09 bits per heavy atom. The maximum absolute atomic E-state index is 13.2. The zero-order chi connectivity index (χ0) is 16.2. The molecule has 22 heavy (non-hydrogen) atoms. The molecule has 1 aliphatic carbocycles. The number of nitrogens with zero attached hydrogens (tertiary/aromatic N) is 1. The fourth-order valence-electron chi connectivity index (χ4n) is 2.59. The average Bonchev–Trinajstić information content (AvgIpc) is 2.95. The first-order chi connectivity index (χ1) is 10.5. The highest BCUT2D eigenvalue weighted by molar-refractivity contribution is 5.96. The summed E-state index contributed by atoms with van der Waals surface area (Å²) in [6.07, 6.45) is 3.07. The van der Waals surface area contributed by atoms with Crippen LogP contribution >= 0.6 is 0 Å². The van der Waals surface area contributed by atoms with Crippen LogP contribution in [0, 0.1) is 17.1 Å². The molecule has 0 unspecified atom stereocenters. The average molecular weight is 304 g/mol. The summed E-state index contributed by atoms with van der Waals surface area (Å²) in [7, 11) is 0. The summed E-state index contributed by atoms with van der Waals surface area (Å²) < 4.78 is 18.5. The van der Waals surface area contributed by atoms with Crippen molar-refractivity contribution in [2.24, 2.45) is 0 Å². The van der Waals surface area contributed by atoms with Crippen LogP contribution in [0.2, 0.25) is 0 Å². The molecule has 0 aromatic heterocycles. The SMILES string of the molecule is CC(=O)c1cc(F)ccc1OCC(=O)NC1(C#N)CCCC1. The fraction of sp³-hybridized carbons (Fsp3) is 0.438. The number of Topliss-reactive ketones (excluding diaryl/α,β-unsaturated/α-hetero) is 1. The topological polar surface area (TPSA) is 79.2 Å². The lowest BCUT2D eigenvalue weighted by Crippen LogP contribution is -2.47. The molecule has 0 saturated heterocycles. The Morgan fingerprint density at radius 3 is 2.68 bits per heavy atom. The van der Waals surface area contributed by atoms with Gasteiger partial charge in [-0.1, -0.05) is 0 Å². The van der Waals surface area contributed by atoms with Gasteiger partial charge in [0.25, 0.3) is 5.91 Å². The van der Waals surface area contributed by atoms with Crippen molar-refractivity contribution in [3.05, 3.63) is 29.6 Å². The number of hydrogen-bond acceptors (Lipinski definition) is 4. The molecule has 0 aliphatic heterocycles. The number of ether oxygens (including phenoxy) is 1. The van der Waals surface area contributed by atoms with E-state index < -0.39 is 17.3 Å². The lowest BCUT2D eigenvalue weighted by molar-refractivity contribution is -0.124. The minimum absolute atomic E-state index is 0.0867. The van der Waals surface area contributed by atoms with Crippen molar-refractivity contribution >= 4 is 11.7 Å². The molecule has 1 N–H and O–H groups in total. The number of carbonyl (C=O) groups excluding carboxylic acids is 2. The van der Waals surface area contributed by atoms with Crippen LogP contribution in [0.15, 0.2) is 18.2 Å². The minimum Gasteiger partial charge on any atom is -0.483 e. The Hall–Kier alpha value is -2.42. The predicted molar refractivity (Wildman–Crippen MR) is 76.9 cm³/mol. The van der Waals surface area contributed by atoms with E-state index in [9.17, 15) is 19.2 Å². The van der Waals surface area contributed by atoms with E-state index in [1.165, 1.54) is 13.0 Å². The number of rotatable bonds is 5. The van der Waals surface area contributed by atoms with Gasteiger partial charge < -0.3 is 10.1 Å². The molecule has 5 nitrogen and oxygen atoms in total. The van der Waals surface area contributed by atoms with Crippen LogP contribution in [0.3, 0.4) is 0 Å². The van der Waals surface area contributed by atoms with Gasteiger partial charge >= 0.3 is 0 Å². The predicted octanol–water partition coefficient (Wildman–Crippen LogP) is 2.36. The summed E-state index contributed by atoms with van der Waals surface area (Å²) >= 11 is 0. The molecule has 0 atom stereocenters. The monoisotopic (exact) mass is 304 g/mol. The molecule has 1 aliphatic rings. The smallest absolute Gasteiger partial charge is 0.259 e. The van der Waals surface area contributed by atoms with Crippen LogP contribution in [-0.2, 0) is 4.79 Å². The van der Waals surface area contributed by atoms with Crippen molar-refractivity contribution < 1.29 is 18.7 Å². The number of ketones is 1. The summed E-state index contributed by atoms with van der Waals surface area (Å²) in [6.45, 7) is 0.972. The quantitative estimate of drug-likeness (QED) is 0.847. The second-order valence-corrected chi connectivity index (χ2v) is 5.43. The Bertz CT molecular complexity index is 631. The van der Waals surface area contributed by atoms with Gasteiger partial charge in [0, 0.05) is 0 Å². The fourth-order valence-corrected chi connectivity index (χ4v) is 2.59. The third-order valence-corrected chi connectivity index (χ3v) is 3.73. The molecule has 2 rings (SSSR count). The standard InChI is InChI=1S/C16H17FN2O3/c1-11(20)13-8-12(17)4-5-14(13)22-9-15(21)19-16(10-18)6-2-3-7-16/h4-5,8H,2-3,6-7,9H2,1H3,(H,19,21). The number of benzene rings is 1. The van der Waals surface area contributed by atoms with Crippen molar-refractivity contribution in [3.63, 3.8) is 0 Å². The van der Waals surface area contributed by atoms with E-state index in [4.69, 9.17) is 4.74 Å². The molecule has 1 amide bonds. The van der Waals surface area contributed by atoms with Gasteiger partial charge in [-0.2, -0.15) is 5.26 Å². The van der Waals surface area contributed by atoms with E-state index in [1.54, 1.807) is 0 Å². The van der Waals surface area contributed by atoms with Gasteiger partial charge in [0.2, 0.25) is 0 Å². The molecule has 1 aromatic carbocycles. The van der Waals surface area contributed by atoms with Gasteiger partial charge in [-0.15, -0.1) is 0 Å². The van der Waals surface area contributed by atoms with Crippen LogP contribution in [0.25, 0.3) is 0 Å². The lowest BCUT2D eigenvalue weighted by Gasteiger charge is -2.22. The Labute approximate surface area is 128 Å². The van der Waals surface area contributed by atoms with Gasteiger partial charge in [0.05, 0.1) is 11.6 Å². The van der Waals surface area contributed by atoms with Crippen molar-refractivity contribution in [2.45, 2.75) is 38.1 Å². The van der Waals surface area contributed by atoms with Crippen LogP contribution in [-0.4, -0.2) is 23.8 Å². The maximum atomic E-state index is 13.2. The lowest BCUT2D eigenvalue weighted by atomic mass is 10.00. The highest BCUT2D eigenvalue weighted by Crippen LogP contribution is 2.28. The molecule has 1 aromatic rings. The van der Waals surface area contributed by atoms with Gasteiger partial charge in [-0.25, -0.2) is 4.39 Å². The third-order valence-electron chi connectivity index (χ3n) is 3.73. The van der Waals surface area contributed by atoms with Gasteiger partial charge in [-0.05, 0) is 50.8 Å². The number of nitrogens with one attached hydrogen (secondary N) is 1. The highest BCUT2D eigenvalue weighted by atomic mass is 19.1. The first-order valence-corrected chi connectivity index (χ1v) is 7.11. The Kier molecular flexibility index (Phi) is 4.76. The van der Waals surface area contributed by atoms with E-state index >= 15 is 0 Å². The van der Waals surface area contributed by atoms with Crippen LogP contribution in [0.5, 0.6) is 5.75 Å². The van der Waals surface area contributed by atoms with Crippen LogP contribution in [0.4, 0.5) is 4.39 Å². The molecule has 0 bridgehead atoms. The van der Waals surface area contributed by atoms with Crippen molar-refractivity contribution in [3.8, 4) is 11.8 Å². The van der Waals surface area contributed by atoms with Crippen molar-refractivity contribution in [2.75, 3.05) is 6.61 Å². The van der Waals surface area contributed by atoms with Gasteiger partial charge in [0.15, 0.2) is 12.4 Å². The highest BCUT2D eigenvalue weighted by Gasteiger charge is 2.35. The maximum Gasteiger partial charge on any atom is 0.259 e. The molecule has 116 valence electrons. The molecule has 1 fully saturated rings. The van der Waals surface area contributed by atoms with E-state index in [0.717, 1.165) is 25.0 Å². The molecule has 1 saturated carbocycles. The molecule has 6 heteroatoms. The number of hydrogen-bond donors (Lipinski definition) is 1. The normalized spacial score (nSPS) is 15.9. The molecule has 0 spiro atoms. The third kappa shape index (κ3) is 3.61. The first-order valence-electron chi connectivity index (χ1n) is 7.11. The van der Waals surface area contributed by atoms with Crippen LogP contribution < -0.4 is 10.1 Å². The van der Waals surface area contributed by atoms with E-state index in [-0.39, 0.29) is 23.7 Å². The Morgan fingerprint density at radius 1 is 1.41 bits per heavy atom. The zero-order valence-corrected chi connectivity index (χ0v) is 12.3. The molecular formula is C16H17FN2O3.